The molecule has 1 aromatic heterocycles. The number of thiocarbonyl (C=S) groups is 2. The Morgan fingerprint density at radius 3 is 2.16 bits per heavy atom. The fraction of sp³-hybridized carbons (Fsp3) is 0.417. The number of nitrogens with one attached hydrogen (secondary N) is 3. The fourth-order valence-electron chi connectivity index (χ4n) is 1.43. The largest absolute Gasteiger partial charge is 0.405 e. The summed E-state index contributed by atoms with van der Waals surface area (Å²) < 4.78 is 72.6. The van der Waals surface area contributed by atoms with Gasteiger partial charge in [-0.2, -0.15) is 26.3 Å². The Kier molecular flexibility index (Phi) is 7.31. The fourth-order valence-corrected chi connectivity index (χ4v) is 1.80. The molecular formula is C12H12F6N4OS2. The van der Waals surface area contributed by atoms with Crippen LogP contribution in [0.3, 0.4) is 0 Å². The molecule has 0 radical (unpaired) electrons. The van der Waals surface area contributed by atoms with Crippen LogP contribution < -0.4 is 16.0 Å². The lowest BCUT2D eigenvalue weighted by Crippen LogP contribution is -2.37. The lowest BCUT2D eigenvalue weighted by atomic mass is 10.2. The standard InChI is InChI=1S/C12H12F6N4OS2/c13-11(14,15)4-19-9(24)8(23)6-2-1-3-7(21-6)22-10(25)20-5-12(16,17)18/h1-3,8,23H,4-5H2,(H,19,24)(H2,20,21,22,25). The van der Waals surface area contributed by atoms with Crippen LogP contribution in [0.2, 0.25) is 0 Å². The van der Waals surface area contributed by atoms with E-state index in [9.17, 15) is 31.4 Å². The van der Waals surface area contributed by atoms with Gasteiger partial charge in [0, 0.05) is 0 Å². The van der Waals surface area contributed by atoms with Gasteiger partial charge in [-0.3, -0.25) is 0 Å². The first-order chi connectivity index (χ1) is 11.4. The molecule has 1 heterocycles. The molecule has 1 aromatic rings. The maximum Gasteiger partial charge on any atom is 0.405 e. The van der Waals surface area contributed by atoms with Crippen molar-refractivity contribution < 1.29 is 31.4 Å². The van der Waals surface area contributed by atoms with Crippen molar-refractivity contribution in [3.8, 4) is 0 Å². The first-order valence-corrected chi connectivity index (χ1v) is 7.30. The summed E-state index contributed by atoms with van der Waals surface area (Å²) in [4.78, 5) is 3.34. The number of hydrogen-bond acceptors (Lipinski definition) is 4. The number of alkyl halides is 6. The first kappa shape index (κ1) is 21.3. The second kappa shape index (κ2) is 8.58. The molecule has 1 unspecified atom stereocenters. The van der Waals surface area contributed by atoms with Crippen LogP contribution in [0.4, 0.5) is 32.2 Å². The van der Waals surface area contributed by atoms with Crippen LogP contribution in [0, 0.1) is 0 Å². The Balaban J connectivity index is 2.67. The summed E-state index contributed by atoms with van der Waals surface area (Å²) in [7, 11) is 0. The minimum absolute atomic E-state index is 0.0187. The monoisotopic (exact) mass is 406 g/mol. The Morgan fingerprint density at radius 1 is 1.04 bits per heavy atom. The van der Waals surface area contributed by atoms with Crippen molar-refractivity contribution in [1.29, 1.82) is 0 Å². The third kappa shape index (κ3) is 8.79. The molecule has 1 atom stereocenters. The van der Waals surface area contributed by atoms with E-state index in [1.54, 1.807) is 0 Å². The lowest BCUT2D eigenvalue weighted by Gasteiger charge is -2.16. The van der Waals surface area contributed by atoms with Crippen molar-refractivity contribution in [2.24, 2.45) is 0 Å². The predicted molar refractivity (Wildman–Crippen MR) is 86.1 cm³/mol. The quantitative estimate of drug-likeness (QED) is 0.442. The van der Waals surface area contributed by atoms with Crippen molar-refractivity contribution in [1.82, 2.24) is 15.6 Å². The molecule has 5 nitrogen and oxygen atoms in total. The van der Waals surface area contributed by atoms with Crippen LogP contribution in [-0.2, 0) is 0 Å². The molecule has 0 fully saturated rings. The van der Waals surface area contributed by atoms with Gasteiger partial charge in [-0.1, -0.05) is 18.3 Å². The summed E-state index contributed by atoms with van der Waals surface area (Å²) in [6, 6.07) is 3.99. The maximum absolute atomic E-state index is 12.1. The Labute approximate surface area is 148 Å². The van der Waals surface area contributed by atoms with Crippen molar-refractivity contribution in [2.75, 3.05) is 18.4 Å². The number of aliphatic hydroxyl groups excluding tert-OH is 1. The highest BCUT2D eigenvalue weighted by atomic mass is 32.1. The van der Waals surface area contributed by atoms with Crippen molar-refractivity contribution in [3.63, 3.8) is 0 Å². The number of rotatable bonds is 5. The lowest BCUT2D eigenvalue weighted by molar-refractivity contribution is -0.122. The number of nitrogens with zero attached hydrogens (tertiary/aromatic N) is 1. The van der Waals surface area contributed by atoms with Gasteiger partial charge in [-0.05, 0) is 24.4 Å². The summed E-state index contributed by atoms with van der Waals surface area (Å²) in [5.74, 6) is -0.0187. The molecule has 0 spiro atoms. The first-order valence-electron chi connectivity index (χ1n) is 6.48. The van der Waals surface area contributed by atoms with E-state index in [0.29, 0.717) is 0 Å². The minimum atomic E-state index is -4.52. The molecule has 25 heavy (non-hydrogen) atoms. The number of aliphatic hydroxyl groups is 1. The van der Waals surface area contributed by atoms with Gasteiger partial charge in [0.1, 0.15) is 30.0 Å². The molecular weight excluding hydrogens is 394 g/mol. The number of halogens is 6. The highest BCUT2D eigenvalue weighted by Gasteiger charge is 2.29. The molecule has 0 saturated carbocycles. The normalized spacial score (nSPS) is 13.1. The zero-order chi connectivity index (χ0) is 19.3. The maximum atomic E-state index is 12.1. The molecule has 0 bridgehead atoms. The van der Waals surface area contributed by atoms with E-state index < -0.39 is 36.5 Å². The van der Waals surface area contributed by atoms with Crippen molar-refractivity contribution in [3.05, 3.63) is 23.9 Å². The van der Waals surface area contributed by atoms with Gasteiger partial charge in [-0.25, -0.2) is 4.98 Å². The zero-order valence-corrected chi connectivity index (χ0v) is 13.8. The van der Waals surface area contributed by atoms with Gasteiger partial charge >= 0.3 is 12.4 Å². The summed E-state index contributed by atoms with van der Waals surface area (Å²) in [5.41, 5.74) is -0.108. The molecule has 140 valence electrons. The van der Waals surface area contributed by atoms with E-state index in [0.717, 1.165) is 0 Å². The zero-order valence-electron chi connectivity index (χ0n) is 12.2. The molecule has 0 aliphatic carbocycles. The SMILES string of the molecule is OC(C(=S)NCC(F)(F)F)c1cccc(NC(=S)NCC(F)(F)F)n1. The predicted octanol–water partition coefficient (Wildman–Crippen LogP) is 2.44. The molecule has 0 aliphatic heterocycles. The van der Waals surface area contributed by atoms with Crippen LogP contribution in [0.1, 0.15) is 11.8 Å². The van der Waals surface area contributed by atoms with Gasteiger partial charge in [0.2, 0.25) is 0 Å². The van der Waals surface area contributed by atoms with Crippen molar-refractivity contribution in [2.45, 2.75) is 18.5 Å². The third-order valence-corrected chi connectivity index (χ3v) is 3.07. The molecule has 0 amide bonds. The highest BCUT2D eigenvalue weighted by molar-refractivity contribution is 7.80. The van der Waals surface area contributed by atoms with Gasteiger partial charge in [0.25, 0.3) is 0 Å². The molecule has 1 rings (SSSR count). The Hall–Kier alpha value is -1.73. The smallest absolute Gasteiger partial charge is 0.380 e. The number of hydrogen-bond donors (Lipinski definition) is 4. The topological polar surface area (TPSA) is 69.2 Å². The average molecular weight is 406 g/mol. The molecule has 4 N–H and O–H groups in total. The Morgan fingerprint density at radius 2 is 1.60 bits per heavy atom. The van der Waals surface area contributed by atoms with E-state index in [4.69, 9.17) is 0 Å². The van der Waals surface area contributed by atoms with Crippen LogP contribution in [0.15, 0.2) is 18.2 Å². The highest BCUT2D eigenvalue weighted by Crippen LogP contribution is 2.17. The summed E-state index contributed by atoms with van der Waals surface area (Å²) in [6.07, 6.45) is -10.6. The summed E-state index contributed by atoms with van der Waals surface area (Å²) in [5, 5.41) is 15.6. The van der Waals surface area contributed by atoms with E-state index in [2.05, 4.69) is 34.7 Å². The number of anilines is 1. The molecule has 13 heteroatoms. The van der Waals surface area contributed by atoms with E-state index >= 15 is 0 Å². The van der Waals surface area contributed by atoms with Gasteiger partial charge in [-0.15, -0.1) is 0 Å². The van der Waals surface area contributed by atoms with E-state index in [1.807, 2.05) is 10.6 Å². The number of aromatic nitrogens is 1. The summed E-state index contributed by atoms with van der Waals surface area (Å²) >= 11 is 9.31. The van der Waals surface area contributed by atoms with Crippen LogP contribution in [0.25, 0.3) is 0 Å². The average Bonchev–Trinajstić information content (AvgIpc) is 2.49. The summed E-state index contributed by atoms with van der Waals surface area (Å²) in [6.45, 7) is -2.78. The van der Waals surface area contributed by atoms with Crippen molar-refractivity contribution >= 4 is 40.4 Å². The second-order valence-corrected chi connectivity index (χ2v) is 5.45. The molecule has 0 saturated heterocycles. The van der Waals surface area contributed by atoms with E-state index in [1.165, 1.54) is 18.2 Å². The van der Waals surface area contributed by atoms with Gasteiger partial charge in [0.05, 0.1) is 5.69 Å². The van der Waals surface area contributed by atoms with Gasteiger partial charge in [0.15, 0.2) is 5.11 Å². The molecule has 0 aromatic carbocycles. The molecule has 0 aliphatic rings. The third-order valence-electron chi connectivity index (χ3n) is 2.45. The second-order valence-electron chi connectivity index (χ2n) is 4.61. The van der Waals surface area contributed by atoms with E-state index in [-0.39, 0.29) is 16.6 Å². The minimum Gasteiger partial charge on any atom is -0.380 e. The van der Waals surface area contributed by atoms with Crippen LogP contribution in [-0.4, -0.2) is 45.6 Å². The van der Waals surface area contributed by atoms with Gasteiger partial charge < -0.3 is 21.1 Å². The van der Waals surface area contributed by atoms with Crippen LogP contribution in [0.5, 0.6) is 0 Å². The Bertz CT molecular complexity index is 622. The van der Waals surface area contributed by atoms with Crippen LogP contribution >= 0.6 is 24.4 Å². The number of pyridine rings is 1.